The zero-order valence-electron chi connectivity index (χ0n) is 28.8. The standard InChI is InChI=1S/C37H75BrO2/c1-9-10-11-12-13-14-15-16-22-39-30-40-23-18-20-32(3)25-34(5)27-36(7)29-37(8)28-35(6)26-33(4)24-31(2)19-17-21-38/h31-37H,9-30H2,1-8H3. The van der Waals surface area contributed by atoms with Crippen LogP contribution < -0.4 is 0 Å². The van der Waals surface area contributed by atoms with E-state index in [0.717, 1.165) is 66.4 Å². The lowest BCUT2D eigenvalue weighted by atomic mass is 9.80. The molecule has 0 aliphatic rings. The van der Waals surface area contributed by atoms with Gasteiger partial charge in [-0.25, -0.2) is 0 Å². The summed E-state index contributed by atoms with van der Waals surface area (Å²) in [6.07, 6.45) is 24.2. The van der Waals surface area contributed by atoms with E-state index in [1.54, 1.807) is 0 Å². The molecule has 40 heavy (non-hydrogen) atoms. The molecule has 3 heteroatoms. The maximum Gasteiger partial charge on any atom is 0.146 e. The Morgan fingerprint density at radius 3 is 1.20 bits per heavy atom. The third kappa shape index (κ3) is 27.2. The molecule has 0 N–H and O–H groups in total. The summed E-state index contributed by atoms with van der Waals surface area (Å²) in [4.78, 5) is 0. The minimum Gasteiger partial charge on any atom is -0.355 e. The first-order valence-corrected chi connectivity index (χ1v) is 19.0. The van der Waals surface area contributed by atoms with E-state index in [0.29, 0.717) is 6.79 Å². The van der Waals surface area contributed by atoms with Crippen molar-refractivity contribution in [3.05, 3.63) is 0 Å². The third-order valence-electron chi connectivity index (χ3n) is 8.95. The van der Waals surface area contributed by atoms with Gasteiger partial charge in [-0.2, -0.15) is 0 Å². The second kappa shape index (κ2) is 28.2. The molecular formula is C37H75BrO2. The largest absolute Gasteiger partial charge is 0.355 e. The van der Waals surface area contributed by atoms with Crippen molar-refractivity contribution in [2.75, 3.05) is 25.3 Å². The van der Waals surface area contributed by atoms with Crippen LogP contribution in [0.5, 0.6) is 0 Å². The molecule has 0 fully saturated rings. The van der Waals surface area contributed by atoms with E-state index in [-0.39, 0.29) is 0 Å². The molecule has 7 atom stereocenters. The molecule has 242 valence electrons. The minimum atomic E-state index is 0.477. The Morgan fingerprint density at radius 2 is 0.775 bits per heavy atom. The van der Waals surface area contributed by atoms with Gasteiger partial charge in [0.1, 0.15) is 6.79 Å². The van der Waals surface area contributed by atoms with Crippen molar-refractivity contribution in [1.29, 1.82) is 0 Å². The first kappa shape index (κ1) is 40.4. The number of hydrogen-bond acceptors (Lipinski definition) is 2. The van der Waals surface area contributed by atoms with E-state index >= 15 is 0 Å². The molecule has 2 nitrogen and oxygen atoms in total. The summed E-state index contributed by atoms with van der Waals surface area (Å²) in [5.41, 5.74) is 0. The molecule has 0 aliphatic carbocycles. The van der Waals surface area contributed by atoms with Crippen LogP contribution in [0.15, 0.2) is 0 Å². The lowest BCUT2D eigenvalue weighted by molar-refractivity contribution is -0.0561. The molecule has 0 amide bonds. The van der Waals surface area contributed by atoms with E-state index in [1.165, 1.54) is 109 Å². The summed E-state index contributed by atoms with van der Waals surface area (Å²) >= 11 is 3.58. The molecule has 0 aliphatic heterocycles. The van der Waals surface area contributed by atoms with Crippen molar-refractivity contribution in [3.63, 3.8) is 0 Å². The lowest BCUT2D eigenvalue weighted by Gasteiger charge is -2.26. The monoisotopic (exact) mass is 630 g/mol. The SMILES string of the molecule is CCCCCCCCCCOCOCCCC(C)CC(C)CC(C)CC(C)CC(C)CC(C)CC(C)CCCBr. The van der Waals surface area contributed by atoms with Crippen LogP contribution in [0, 0.1) is 41.4 Å². The molecule has 0 radical (unpaired) electrons. The number of hydrogen-bond donors (Lipinski definition) is 0. The first-order chi connectivity index (χ1) is 19.2. The molecule has 0 aromatic heterocycles. The van der Waals surface area contributed by atoms with Crippen molar-refractivity contribution in [1.82, 2.24) is 0 Å². The smallest absolute Gasteiger partial charge is 0.146 e. The summed E-state index contributed by atoms with van der Waals surface area (Å²) in [6, 6.07) is 0. The Labute approximate surface area is 262 Å². The fourth-order valence-electron chi connectivity index (χ4n) is 7.31. The van der Waals surface area contributed by atoms with E-state index in [2.05, 4.69) is 71.3 Å². The molecule has 0 bridgehead atoms. The molecule has 0 heterocycles. The highest BCUT2D eigenvalue weighted by molar-refractivity contribution is 9.09. The van der Waals surface area contributed by atoms with Crippen LogP contribution >= 0.6 is 15.9 Å². The van der Waals surface area contributed by atoms with Gasteiger partial charge in [-0.15, -0.1) is 0 Å². The number of unbranched alkanes of at least 4 members (excludes halogenated alkanes) is 7. The summed E-state index contributed by atoms with van der Waals surface area (Å²) < 4.78 is 11.4. The van der Waals surface area contributed by atoms with Gasteiger partial charge in [0.25, 0.3) is 0 Å². The van der Waals surface area contributed by atoms with Crippen LogP contribution in [-0.4, -0.2) is 25.3 Å². The van der Waals surface area contributed by atoms with Crippen molar-refractivity contribution in [2.45, 2.75) is 171 Å². The van der Waals surface area contributed by atoms with Crippen LogP contribution in [0.25, 0.3) is 0 Å². The minimum absolute atomic E-state index is 0.477. The number of alkyl halides is 1. The Bertz CT molecular complexity index is 512. The van der Waals surface area contributed by atoms with E-state index in [1.807, 2.05) is 0 Å². The van der Waals surface area contributed by atoms with Gasteiger partial charge >= 0.3 is 0 Å². The highest BCUT2D eigenvalue weighted by atomic mass is 79.9. The van der Waals surface area contributed by atoms with Gasteiger partial charge in [0.15, 0.2) is 0 Å². The average Bonchev–Trinajstić information content (AvgIpc) is 2.86. The molecule has 0 aromatic carbocycles. The predicted molar refractivity (Wildman–Crippen MR) is 183 cm³/mol. The van der Waals surface area contributed by atoms with E-state index in [4.69, 9.17) is 9.47 Å². The molecule has 0 saturated heterocycles. The second-order valence-corrected chi connectivity index (χ2v) is 15.3. The van der Waals surface area contributed by atoms with E-state index in [9.17, 15) is 0 Å². The fraction of sp³-hybridized carbons (Fsp3) is 1.00. The molecule has 0 aromatic rings. The topological polar surface area (TPSA) is 18.5 Å². The van der Waals surface area contributed by atoms with Gasteiger partial charge in [-0.3, -0.25) is 0 Å². The van der Waals surface area contributed by atoms with Gasteiger partial charge in [0, 0.05) is 18.5 Å². The zero-order chi connectivity index (χ0) is 30.0. The molecular weight excluding hydrogens is 556 g/mol. The Morgan fingerprint density at radius 1 is 0.425 bits per heavy atom. The van der Waals surface area contributed by atoms with Gasteiger partial charge < -0.3 is 9.47 Å². The highest BCUT2D eigenvalue weighted by Gasteiger charge is 2.18. The summed E-state index contributed by atoms with van der Waals surface area (Å²) in [6.45, 7) is 21.8. The zero-order valence-corrected chi connectivity index (χ0v) is 30.4. The lowest BCUT2D eigenvalue weighted by Crippen LogP contribution is -2.14. The summed E-state index contributed by atoms with van der Waals surface area (Å²) in [7, 11) is 0. The number of halogens is 1. The van der Waals surface area contributed by atoms with Crippen LogP contribution in [0.4, 0.5) is 0 Å². The molecule has 7 unspecified atom stereocenters. The summed E-state index contributed by atoms with van der Waals surface area (Å²) in [5.74, 6) is 5.90. The maximum atomic E-state index is 5.74. The van der Waals surface area contributed by atoms with Crippen molar-refractivity contribution >= 4 is 15.9 Å². The van der Waals surface area contributed by atoms with Crippen LogP contribution in [-0.2, 0) is 9.47 Å². The van der Waals surface area contributed by atoms with Crippen molar-refractivity contribution < 1.29 is 9.47 Å². The van der Waals surface area contributed by atoms with Gasteiger partial charge in [0.05, 0.1) is 0 Å². The number of ether oxygens (including phenoxy) is 2. The quantitative estimate of drug-likeness (QED) is 0.0446. The van der Waals surface area contributed by atoms with Crippen LogP contribution in [0.3, 0.4) is 0 Å². The van der Waals surface area contributed by atoms with Gasteiger partial charge in [-0.1, -0.05) is 116 Å². The normalized spacial score (nSPS) is 17.3. The Balaban J connectivity index is 3.77. The maximum absolute atomic E-state index is 5.74. The second-order valence-electron chi connectivity index (χ2n) is 14.5. The van der Waals surface area contributed by atoms with Crippen molar-refractivity contribution in [2.24, 2.45) is 41.4 Å². The predicted octanol–water partition coefficient (Wildman–Crippen LogP) is 12.9. The van der Waals surface area contributed by atoms with Crippen molar-refractivity contribution in [3.8, 4) is 0 Å². The Kier molecular flexibility index (Phi) is 28.5. The molecule has 0 saturated carbocycles. The highest BCUT2D eigenvalue weighted by Crippen LogP contribution is 2.30. The molecule has 0 rings (SSSR count). The van der Waals surface area contributed by atoms with Gasteiger partial charge in [-0.05, 0) is 112 Å². The van der Waals surface area contributed by atoms with Crippen LogP contribution in [0.2, 0.25) is 0 Å². The first-order valence-electron chi connectivity index (χ1n) is 17.9. The fourth-order valence-corrected chi connectivity index (χ4v) is 7.64. The Hall–Kier alpha value is 0.400. The average molecular weight is 632 g/mol. The summed E-state index contributed by atoms with van der Waals surface area (Å²) in [5, 5.41) is 1.15. The van der Waals surface area contributed by atoms with Crippen LogP contribution in [0.1, 0.15) is 171 Å². The van der Waals surface area contributed by atoms with Gasteiger partial charge in [0.2, 0.25) is 0 Å². The third-order valence-corrected chi connectivity index (χ3v) is 9.51. The number of rotatable bonds is 30. The molecule has 0 spiro atoms. The van der Waals surface area contributed by atoms with E-state index < -0.39 is 0 Å².